The lowest BCUT2D eigenvalue weighted by atomic mass is 10.0. The fourth-order valence-electron chi connectivity index (χ4n) is 3.90. The van der Waals surface area contributed by atoms with Crippen molar-refractivity contribution in [2.24, 2.45) is 4.99 Å². The van der Waals surface area contributed by atoms with Gasteiger partial charge in [0.05, 0.1) is 23.5 Å². The Morgan fingerprint density at radius 2 is 1.79 bits per heavy atom. The maximum absolute atomic E-state index is 13.5. The number of hydrogen-bond donors (Lipinski definition) is 0. The highest BCUT2D eigenvalue weighted by atomic mass is 32.2. The van der Waals surface area contributed by atoms with Crippen LogP contribution in [-0.4, -0.2) is 36.7 Å². The van der Waals surface area contributed by atoms with Crippen molar-refractivity contribution in [1.82, 2.24) is 4.90 Å². The summed E-state index contributed by atoms with van der Waals surface area (Å²) in [6.45, 7) is 4.24. The van der Waals surface area contributed by atoms with Gasteiger partial charge in [-0.1, -0.05) is 66.4 Å². The monoisotopic (exact) mass is 485 g/mol. The molecule has 1 fully saturated rings. The van der Waals surface area contributed by atoms with Gasteiger partial charge in [-0.2, -0.15) is 0 Å². The number of methoxy groups -OCH3 is 1. The highest BCUT2D eigenvalue weighted by molar-refractivity contribution is 8.19. The molecular formula is C27H23N3O2S2. The molecule has 5 nitrogen and oxygen atoms in total. The second-order valence-electron chi connectivity index (χ2n) is 7.71. The third-order valence-electron chi connectivity index (χ3n) is 5.61. The molecule has 0 aromatic heterocycles. The van der Waals surface area contributed by atoms with Crippen LogP contribution in [-0.2, 0) is 4.79 Å². The third kappa shape index (κ3) is 4.02. The van der Waals surface area contributed by atoms with Crippen molar-refractivity contribution in [1.29, 1.82) is 0 Å². The average Bonchev–Trinajstić information content (AvgIpc) is 3.36. The van der Waals surface area contributed by atoms with Gasteiger partial charge in [-0.05, 0) is 35.5 Å². The molecule has 0 radical (unpaired) electrons. The number of rotatable bonds is 5. The first-order valence-electron chi connectivity index (χ1n) is 10.8. The summed E-state index contributed by atoms with van der Waals surface area (Å²) in [4.78, 5) is 24.0. The molecule has 1 saturated heterocycles. The van der Waals surface area contributed by atoms with Crippen molar-refractivity contribution in [3.05, 3.63) is 95.4 Å². The molecule has 0 saturated carbocycles. The van der Waals surface area contributed by atoms with Crippen LogP contribution in [0.5, 0.6) is 5.75 Å². The van der Waals surface area contributed by atoms with Crippen LogP contribution in [0.25, 0.3) is 11.1 Å². The van der Waals surface area contributed by atoms with E-state index in [2.05, 4.69) is 29.7 Å². The summed E-state index contributed by atoms with van der Waals surface area (Å²) in [5.74, 6) is 0.728. The van der Waals surface area contributed by atoms with Crippen molar-refractivity contribution in [3.8, 4) is 16.9 Å². The molecule has 0 N–H and O–H groups in total. The van der Waals surface area contributed by atoms with Crippen molar-refractivity contribution in [3.63, 3.8) is 0 Å². The van der Waals surface area contributed by atoms with Crippen molar-refractivity contribution in [2.45, 2.75) is 4.90 Å². The zero-order chi connectivity index (χ0) is 23.7. The minimum absolute atomic E-state index is 0.0602. The Labute approximate surface area is 207 Å². The summed E-state index contributed by atoms with van der Waals surface area (Å²) in [5.41, 5.74) is 3.95. The molecule has 2 heterocycles. The van der Waals surface area contributed by atoms with Gasteiger partial charge in [-0.15, -0.1) is 6.58 Å². The van der Waals surface area contributed by atoms with Crippen LogP contribution in [0.1, 0.15) is 0 Å². The first-order chi connectivity index (χ1) is 16.6. The van der Waals surface area contributed by atoms with Crippen molar-refractivity contribution < 1.29 is 9.53 Å². The molecule has 0 spiro atoms. The number of amides is 1. The molecule has 0 atom stereocenters. The van der Waals surface area contributed by atoms with Crippen LogP contribution in [0.15, 0.2) is 105 Å². The maximum atomic E-state index is 13.5. The number of benzene rings is 3. The summed E-state index contributed by atoms with van der Waals surface area (Å²) >= 11 is 3.01. The van der Waals surface area contributed by atoms with Gasteiger partial charge in [0.25, 0.3) is 5.91 Å². The number of thioether (sulfide) groups is 2. The molecular weight excluding hydrogens is 462 g/mol. The molecule has 2 aliphatic heterocycles. The summed E-state index contributed by atoms with van der Waals surface area (Å²) in [6, 6.07) is 24.1. The zero-order valence-electron chi connectivity index (χ0n) is 18.9. The number of para-hydroxylation sites is 1. The Balaban J connectivity index is 1.56. The van der Waals surface area contributed by atoms with Crippen LogP contribution in [0.3, 0.4) is 0 Å². The maximum Gasteiger partial charge on any atom is 0.269 e. The average molecular weight is 486 g/mol. The Bertz CT molecular complexity index is 1330. The molecule has 7 heteroatoms. The van der Waals surface area contributed by atoms with E-state index in [1.54, 1.807) is 29.8 Å². The SMILES string of the molecule is C=CCN1C(=O)/C(=C2/Sc3ccc(OC)cc3N2C)SC1=Nc1ccccc1-c1ccccc1. The van der Waals surface area contributed by atoms with Gasteiger partial charge in [0, 0.05) is 30.1 Å². The summed E-state index contributed by atoms with van der Waals surface area (Å²) in [5, 5.41) is 1.55. The first-order valence-corrected chi connectivity index (χ1v) is 12.4. The fourth-order valence-corrected chi connectivity index (χ4v) is 6.22. The molecule has 1 amide bonds. The van der Waals surface area contributed by atoms with E-state index in [0.717, 1.165) is 38.2 Å². The lowest BCUT2D eigenvalue weighted by molar-refractivity contribution is -0.121. The molecule has 0 aliphatic carbocycles. The summed E-state index contributed by atoms with van der Waals surface area (Å²) < 4.78 is 5.39. The van der Waals surface area contributed by atoms with Crippen LogP contribution in [0.4, 0.5) is 11.4 Å². The summed E-state index contributed by atoms with van der Waals surface area (Å²) in [7, 11) is 3.63. The minimum Gasteiger partial charge on any atom is -0.497 e. The number of anilines is 1. The number of aliphatic imine (C=N–C) groups is 1. The van der Waals surface area contributed by atoms with E-state index in [1.807, 2.05) is 61.6 Å². The molecule has 34 heavy (non-hydrogen) atoms. The number of ether oxygens (including phenoxy) is 1. The largest absolute Gasteiger partial charge is 0.497 e. The number of nitrogens with zero attached hydrogens (tertiary/aromatic N) is 3. The number of carbonyl (C=O) groups is 1. The van der Waals surface area contributed by atoms with Crippen LogP contribution >= 0.6 is 23.5 Å². The highest BCUT2D eigenvalue weighted by Crippen LogP contribution is 2.51. The fraction of sp³-hybridized carbons (Fsp3) is 0.111. The minimum atomic E-state index is -0.0602. The van der Waals surface area contributed by atoms with Crippen LogP contribution in [0, 0.1) is 0 Å². The normalized spacial score (nSPS) is 18.5. The van der Waals surface area contributed by atoms with Gasteiger partial charge in [0.15, 0.2) is 5.17 Å². The molecule has 0 unspecified atom stereocenters. The predicted octanol–water partition coefficient (Wildman–Crippen LogP) is 6.52. The third-order valence-corrected chi connectivity index (χ3v) is 8.05. The number of amidine groups is 1. The molecule has 5 rings (SSSR count). The molecule has 3 aromatic carbocycles. The van der Waals surface area contributed by atoms with Crippen molar-refractivity contribution in [2.75, 3.05) is 25.6 Å². The topological polar surface area (TPSA) is 45.1 Å². The lowest BCUT2D eigenvalue weighted by Crippen LogP contribution is -2.29. The van der Waals surface area contributed by atoms with Crippen molar-refractivity contribution >= 4 is 46.0 Å². The van der Waals surface area contributed by atoms with E-state index in [0.29, 0.717) is 16.6 Å². The Kier molecular flexibility index (Phi) is 6.22. The second-order valence-corrected chi connectivity index (χ2v) is 9.72. The molecule has 170 valence electrons. The van der Waals surface area contributed by atoms with Gasteiger partial charge in [-0.3, -0.25) is 9.69 Å². The highest BCUT2D eigenvalue weighted by Gasteiger charge is 2.38. The standard InChI is InChI=1S/C27H23N3O2S2/c1-4-16-30-25(31)24(26-29(2)22-17-19(32-3)14-15-23(22)33-26)34-27(30)28-21-13-9-8-12-20(21)18-10-6-5-7-11-18/h4-15,17H,1,16H2,2-3H3/b26-24-,28-27?. The first kappa shape index (κ1) is 22.4. The van der Waals surface area contributed by atoms with E-state index in [1.165, 1.54) is 11.8 Å². The van der Waals surface area contributed by atoms with E-state index in [4.69, 9.17) is 9.73 Å². The predicted molar refractivity (Wildman–Crippen MR) is 143 cm³/mol. The zero-order valence-corrected chi connectivity index (χ0v) is 20.5. The number of carbonyl (C=O) groups excluding carboxylic acids is 1. The van der Waals surface area contributed by atoms with E-state index in [9.17, 15) is 4.79 Å². The van der Waals surface area contributed by atoms with E-state index in [-0.39, 0.29) is 5.91 Å². The van der Waals surface area contributed by atoms with Crippen LogP contribution in [0.2, 0.25) is 0 Å². The quantitative estimate of drug-likeness (QED) is 0.304. The number of hydrogen-bond acceptors (Lipinski definition) is 6. The van der Waals surface area contributed by atoms with E-state index < -0.39 is 0 Å². The van der Waals surface area contributed by atoms with Gasteiger partial charge < -0.3 is 9.64 Å². The molecule has 0 bridgehead atoms. The molecule has 3 aromatic rings. The van der Waals surface area contributed by atoms with Gasteiger partial charge in [0.1, 0.15) is 10.7 Å². The Morgan fingerprint density at radius 1 is 1.03 bits per heavy atom. The van der Waals surface area contributed by atoms with Crippen LogP contribution < -0.4 is 9.64 Å². The second kappa shape index (κ2) is 9.44. The van der Waals surface area contributed by atoms with Gasteiger partial charge in [-0.25, -0.2) is 4.99 Å². The Morgan fingerprint density at radius 3 is 2.56 bits per heavy atom. The number of fused-ring (bicyclic) bond motifs is 1. The van der Waals surface area contributed by atoms with Gasteiger partial charge in [0.2, 0.25) is 0 Å². The van der Waals surface area contributed by atoms with Gasteiger partial charge >= 0.3 is 0 Å². The smallest absolute Gasteiger partial charge is 0.269 e. The summed E-state index contributed by atoms with van der Waals surface area (Å²) in [6.07, 6.45) is 1.73. The van der Waals surface area contributed by atoms with E-state index >= 15 is 0 Å². The molecule has 2 aliphatic rings. The Hall–Kier alpha value is -3.42. The lowest BCUT2D eigenvalue weighted by Gasteiger charge is -2.16.